The summed E-state index contributed by atoms with van der Waals surface area (Å²) in [6.07, 6.45) is 6.31. The van der Waals surface area contributed by atoms with Crippen molar-refractivity contribution in [2.24, 2.45) is 17.8 Å². The molecule has 0 saturated carbocycles. The van der Waals surface area contributed by atoms with Crippen LogP contribution >= 0.6 is 15.9 Å². The van der Waals surface area contributed by atoms with Gasteiger partial charge in [0, 0.05) is 19.6 Å². The van der Waals surface area contributed by atoms with Gasteiger partial charge in [0.15, 0.2) is 6.29 Å². The molecule has 4 heteroatoms. The fourth-order valence-electron chi connectivity index (χ4n) is 2.73. The molecule has 1 aliphatic carbocycles. The molecule has 2 rings (SSSR count). The van der Waals surface area contributed by atoms with Gasteiger partial charge < -0.3 is 14.3 Å². The van der Waals surface area contributed by atoms with Crippen LogP contribution in [0.3, 0.4) is 0 Å². The predicted molar refractivity (Wildman–Crippen MR) is 73.6 cm³/mol. The summed E-state index contributed by atoms with van der Waals surface area (Å²) in [6, 6.07) is 0. The van der Waals surface area contributed by atoms with Crippen LogP contribution in [-0.2, 0) is 14.3 Å². The molecule has 0 N–H and O–H groups in total. The van der Waals surface area contributed by atoms with Gasteiger partial charge in [0.25, 0.3) is 0 Å². The van der Waals surface area contributed by atoms with Crippen LogP contribution in [0.15, 0.2) is 10.6 Å². The molecule has 1 fully saturated rings. The van der Waals surface area contributed by atoms with Gasteiger partial charge in [-0.15, -0.1) is 0 Å². The maximum absolute atomic E-state index is 11.3. The van der Waals surface area contributed by atoms with Crippen molar-refractivity contribution in [1.82, 2.24) is 0 Å². The van der Waals surface area contributed by atoms with Gasteiger partial charge in [-0.3, -0.25) is 0 Å². The van der Waals surface area contributed by atoms with Crippen molar-refractivity contribution < 1.29 is 14.3 Å². The third-order valence-corrected chi connectivity index (χ3v) is 5.09. The maximum atomic E-state index is 11.3. The second kappa shape index (κ2) is 5.85. The van der Waals surface area contributed by atoms with Crippen LogP contribution in [-0.4, -0.2) is 32.2 Å². The van der Waals surface area contributed by atoms with Crippen molar-refractivity contribution in [3.63, 3.8) is 0 Å². The van der Waals surface area contributed by atoms with Crippen molar-refractivity contribution in [1.29, 1.82) is 0 Å². The molecule has 102 valence electrons. The van der Waals surface area contributed by atoms with E-state index in [1.807, 2.05) is 0 Å². The Labute approximate surface area is 117 Å². The van der Waals surface area contributed by atoms with E-state index < -0.39 is 5.60 Å². The van der Waals surface area contributed by atoms with E-state index in [9.17, 15) is 4.79 Å². The van der Waals surface area contributed by atoms with Crippen LogP contribution < -0.4 is 0 Å². The van der Waals surface area contributed by atoms with E-state index in [0.29, 0.717) is 24.4 Å². The number of hydrogen-bond acceptors (Lipinski definition) is 3. The van der Waals surface area contributed by atoms with Gasteiger partial charge in [-0.25, -0.2) is 0 Å². The lowest BCUT2D eigenvalue weighted by Crippen LogP contribution is -2.36. The molecule has 0 aromatic rings. The fraction of sp³-hybridized carbons (Fsp3) is 0.786. The standard InChI is InChI=1S/C14H21BrO3/c1-10(5-6-17-2)7-12(11-3-4-13(11)15)14(8-16)9-18-14/h4,8,10-12H,3,5-7,9H2,1-2H3/t10?,11?,12?,14-/m0/s1. The number of halogens is 1. The van der Waals surface area contributed by atoms with Crippen molar-refractivity contribution >= 4 is 22.2 Å². The lowest BCUT2D eigenvalue weighted by Gasteiger charge is -2.35. The summed E-state index contributed by atoms with van der Waals surface area (Å²) < 4.78 is 11.8. The molecule has 4 atom stereocenters. The molecule has 0 amide bonds. The third-order valence-electron chi connectivity index (χ3n) is 4.18. The van der Waals surface area contributed by atoms with E-state index in [2.05, 4.69) is 28.9 Å². The summed E-state index contributed by atoms with van der Waals surface area (Å²) in [7, 11) is 1.73. The van der Waals surface area contributed by atoms with Crippen molar-refractivity contribution in [2.75, 3.05) is 20.3 Å². The summed E-state index contributed by atoms with van der Waals surface area (Å²) in [6.45, 7) is 3.60. The fourth-order valence-corrected chi connectivity index (χ4v) is 3.42. The summed E-state index contributed by atoms with van der Waals surface area (Å²) in [5, 5.41) is 0. The van der Waals surface area contributed by atoms with Crippen LogP contribution in [0.4, 0.5) is 0 Å². The Morgan fingerprint density at radius 2 is 2.44 bits per heavy atom. The minimum atomic E-state index is -0.501. The molecule has 1 saturated heterocycles. The lowest BCUT2D eigenvalue weighted by atomic mass is 9.71. The van der Waals surface area contributed by atoms with Crippen LogP contribution in [0.5, 0.6) is 0 Å². The number of aldehydes is 1. The number of ether oxygens (including phenoxy) is 2. The van der Waals surface area contributed by atoms with E-state index in [0.717, 1.165) is 32.2 Å². The number of hydrogen-bond donors (Lipinski definition) is 0. The average Bonchev–Trinajstić information content (AvgIpc) is 3.14. The number of carbonyl (C=O) groups is 1. The molecule has 1 heterocycles. The number of methoxy groups -OCH3 is 1. The molecule has 0 aromatic heterocycles. The van der Waals surface area contributed by atoms with Gasteiger partial charge in [-0.1, -0.05) is 28.9 Å². The van der Waals surface area contributed by atoms with Crippen molar-refractivity contribution in [2.45, 2.75) is 31.8 Å². The van der Waals surface area contributed by atoms with Gasteiger partial charge in [-0.05, 0) is 35.6 Å². The summed E-state index contributed by atoms with van der Waals surface area (Å²) in [5.41, 5.74) is -0.501. The van der Waals surface area contributed by atoms with Crippen molar-refractivity contribution in [3.05, 3.63) is 10.6 Å². The number of rotatable bonds is 8. The highest BCUT2D eigenvalue weighted by atomic mass is 79.9. The highest BCUT2D eigenvalue weighted by Crippen LogP contribution is 2.50. The number of epoxide rings is 1. The van der Waals surface area contributed by atoms with Crippen molar-refractivity contribution in [3.8, 4) is 0 Å². The first-order chi connectivity index (χ1) is 8.63. The Hall–Kier alpha value is -0.190. The Morgan fingerprint density at radius 1 is 1.72 bits per heavy atom. The van der Waals surface area contributed by atoms with Gasteiger partial charge in [0.05, 0.1) is 6.61 Å². The normalized spacial score (nSPS) is 33.3. The monoisotopic (exact) mass is 316 g/mol. The van der Waals surface area contributed by atoms with Gasteiger partial charge >= 0.3 is 0 Å². The molecule has 0 bridgehead atoms. The summed E-state index contributed by atoms with van der Waals surface area (Å²) >= 11 is 3.58. The topological polar surface area (TPSA) is 38.8 Å². The van der Waals surface area contributed by atoms with E-state index in [4.69, 9.17) is 9.47 Å². The second-order valence-electron chi connectivity index (χ2n) is 5.52. The molecule has 0 spiro atoms. The number of allylic oxidation sites excluding steroid dienone is 2. The molecule has 0 radical (unpaired) electrons. The predicted octanol–water partition coefficient (Wildman–Crippen LogP) is 2.93. The summed E-state index contributed by atoms with van der Waals surface area (Å²) in [4.78, 5) is 11.3. The van der Waals surface area contributed by atoms with Crippen LogP contribution in [0.25, 0.3) is 0 Å². The molecular weight excluding hydrogens is 296 g/mol. The number of carbonyl (C=O) groups excluding carboxylic acids is 1. The first-order valence-corrected chi connectivity index (χ1v) is 7.37. The second-order valence-corrected chi connectivity index (χ2v) is 6.44. The molecule has 3 unspecified atom stereocenters. The molecule has 0 aromatic carbocycles. The first-order valence-electron chi connectivity index (χ1n) is 6.57. The molecule has 2 aliphatic rings. The van der Waals surface area contributed by atoms with Crippen LogP contribution in [0.1, 0.15) is 26.2 Å². The largest absolute Gasteiger partial charge is 0.385 e. The van der Waals surface area contributed by atoms with Crippen LogP contribution in [0, 0.1) is 17.8 Å². The molecule has 3 nitrogen and oxygen atoms in total. The highest BCUT2D eigenvalue weighted by Gasteiger charge is 2.55. The minimum Gasteiger partial charge on any atom is -0.385 e. The lowest BCUT2D eigenvalue weighted by molar-refractivity contribution is -0.114. The Bertz CT molecular complexity index is 336. The zero-order valence-corrected chi connectivity index (χ0v) is 12.6. The zero-order chi connectivity index (χ0) is 13.2. The van der Waals surface area contributed by atoms with Gasteiger partial charge in [0.2, 0.25) is 0 Å². The van der Waals surface area contributed by atoms with Gasteiger partial charge in [-0.2, -0.15) is 0 Å². The average molecular weight is 317 g/mol. The van der Waals surface area contributed by atoms with E-state index in [1.54, 1.807) is 7.11 Å². The zero-order valence-electron chi connectivity index (χ0n) is 11.0. The Kier molecular flexibility index (Phi) is 4.62. The Balaban J connectivity index is 1.97. The van der Waals surface area contributed by atoms with E-state index >= 15 is 0 Å². The van der Waals surface area contributed by atoms with Crippen LogP contribution in [0.2, 0.25) is 0 Å². The third kappa shape index (κ3) is 2.86. The SMILES string of the molecule is COCCC(C)CC(C1CC=C1Br)[C@]1(C=O)CO1. The quantitative estimate of drug-likeness (QED) is 0.510. The highest BCUT2D eigenvalue weighted by molar-refractivity contribution is 9.11. The molecular formula is C14H21BrO3. The first kappa shape index (κ1) is 14.2. The smallest absolute Gasteiger partial charge is 0.154 e. The molecule has 1 aliphatic heterocycles. The summed E-state index contributed by atoms with van der Waals surface area (Å²) in [5.74, 6) is 1.32. The molecule has 18 heavy (non-hydrogen) atoms. The maximum Gasteiger partial charge on any atom is 0.154 e. The Morgan fingerprint density at radius 3 is 2.83 bits per heavy atom. The van der Waals surface area contributed by atoms with E-state index in [-0.39, 0.29) is 0 Å². The van der Waals surface area contributed by atoms with E-state index in [1.165, 1.54) is 4.48 Å². The van der Waals surface area contributed by atoms with Gasteiger partial charge in [0.1, 0.15) is 5.60 Å². The minimum absolute atomic E-state index is 0.307.